The van der Waals surface area contributed by atoms with Crippen LogP contribution in [0.5, 0.6) is 0 Å². The second-order valence-corrected chi connectivity index (χ2v) is 5.21. The van der Waals surface area contributed by atoms with Gasteiger partial charge in [-0.1, -0.05) is 23.7 Å². The number of hydrogen-bond donors (Lipinski definition) is 1. The van der Waals surface area contributed by atoms with Gasteiger partial charge in [-0.15, -0.1) is 0 Å². The van der Waals surface area contributed by atoms with Gasteiger partial charge in [-0.3, -0.25) is 9.59 Å². The summed E-state index contributed by atoms with van der Waals surface area (Å²) in [4.78, 5) is 25.0. The molecular formula is C16H8ClF2NO3. The first-order valence-corrected chi connectivity index (χ1v) is 6.81. The van der Waals surface area contributed by atoms with Crippen LogP contribution in [0.15, 0.2) is 48.2 Å². The van der Waals surface area contributed by atoms with E-state index in [1.54, 1.807) is 0 Å². The molecule has 0 spiro atoms. The van der Waals surface area contributed by atoms with Gasteiger partial charge >= 0.3 is 5.91 Å². The highest BCUT2D eigenvalue weighted by Gasteiger charge is 2.41. The SMILES string of the molecule is O=C1C(O)=C(c2ccc(Cl)cc2)C(=O)N1c1ccc(F)cc1F. The van der Waals surface area contributed by atoms with E-state index in [-0.39, 0.29) is 11.1 Å². The lowest BCUT2D eigenvalue weighted by Gasteiger charge is -2.15. The summed E-state index contributed by atoms with van der Waals surface area (Å²) in [7, 11) is 0. The maximum absolute atomic E-state index is 13.9. The Morgan fingerprint density at radius 2 is 1.61 bits per heavy atom. The lowest BCUT2D eigenvalue weighted by molar-refractivity contribution is -0.121. The fourth-order valence-corrected chi connectivity index (χ4v) is 2.40. The normalized spacial score (nSPS) is 14.8. The van der Waals surface area contributed by atoms with Crippen LogP contribution >= 0.6 is 11.6 Å². The van der Waals surface area contributed by atoms with E-state index in [9.17, 15) is 23.5 Å². The number of carbonyl (C=O) groups is 2. The highest BCUT2D eigenvalue weighted by Crippen LogP contribution is 2.33. The summed E-state index contributed by atoms with van der Waals surface area (Å²) in [5, 5.41) is 10.4. The molecule has 2 aromatic carbocycles. The van der Waals surface area contributed by atoms with Crippen LogP contribution in [-0.4, -0.2) is 16.9 Å². The molecule has 1 aliphatic rings. The summed E-state index contributed by atoms with van der Waals surface area (Å²) in [6.45, 7) is 0. The number of halogens is 3. The Morgan fingerprint density at radius 1 is 0.957 bits per heavy atom. The average Bonchev–Trinajstić information content (AvgIpc) is 2.72. The topological polar surface area (TPSA) is 57.6 Å². The second kappa shape index (κ2) is 5.48. The molecule has 0 radical (unpaired) electrons. The lowest BCUT2D eigenvalue weighted by Crippen LogP contribution is -2.32. The van der Waals surface area contributed by atoms with Crippen molar-refractivity contribution in [1.29, 1.82) is 0 Å². The van der Waals surface area contributed by atoms with Crippen LogP contribution in [0.1, 0.15) is 5.56 Å². The van der Waals surface area contributed by atoms with Gasteiger partial charge in [-0.2, -0.15) is 0 Å². The molecule has 0 aromatic heterocycles. The Balaban J connectivity index is 2.07. The Labute approximate surface area is 134 Å². The highest BCUT2D eigenvalue weighted by atomic mass is 35.5. The maximum atomic E-state index is 13.9. The first kappa shape index (κ1) is 15.2. The molecular weight excluding hydrogens is 328 g/mol. The average molecular weight is 336 g/mol. The summed E-state index contributed by atoms with van der Waals surface area (Å²) in [6.07, 6.45) is 0. The zero-order valence-corrected chi connectivity index (χ0v) is 12.1. The van der Waals surface area contributed by atoms with Crippen LogP contribution in [0, 0.1) is 11.6 Å². The van der Waals surface area contributed by atoms with Crippen molar-refractivity contribution in [2.24, 2.45) is 0 Å². The Morgan fingerprint density at radius 3 is 2.22 bits per heavy atom. The quantitative estimate of drug-likeness (QED) is 0.855. The predicted octanol–water partition coefficient (Wildman–Crippen LogP) is 3.46. The Bertz CT molecular complexity index is 862. The van der Waals surface area contributed by atoms with E-state index in [1.807, 2.05) is 0 Å². The van der Waals surface area contributed by atoms with Crippen molar-refractivity contribution < 1.29 is 23.5 Å². The van der Waals surface area contributed by atoms with Crippen molar-refractivity contribution in [3.8, 4) is 0 Å². The molecule has 7 heteroatoms. The largest absolute Gasteiger partial charge is 0.502 e. The van der Waals surface area contributed by atoms with Crippen molar-refractivity contribution in [3.63, 3.8) is 0 Å². The van der Waals surface area contributed by atoms with Gasteiger partial charge in [-0.05, 0) is 29.8 Å². The minimum Gasteiger partial charge on any atom is -0.502 e. The molecule has 3 rings (SSSR count). The molecule has 2 aromatic rings. The van der Waals surface area contributed by atoms with Gasteiger partial charge in [0.15, 0.2) is 5.76 Å². The summed E-state index contributed by atoms with van der Waals surface area (Å²) in [5.41, 5.74) is -0.442. The van der Waals surface area contributed by atoms with Crippen molar-refractivity contribution >= 4 is 34.7 Å². The molecule has 4 nitrogen and oxygen atoms in total. The van der Waals surface area contributed by atoms with E-state index in [1.165, 1.54) is 24.3 Å². The monoisotopic (exact) mass is 335 g/mol. The van der Waals surface area contributed by atoms with Crippen molar-refractivity contribution in [2.45, 2.75) is 0 Å². The van der Waals surface area contributed by atoms with Gasteiger partial charge in [0, 0.05) is 11.1 Å². The first-order valence-electron chi connectivity index (χ1n) is 6.43. The zero-order chi connectivity index (χ0) is 16.7. The number of amides is 2. The minimum atomic E-state index is -1.09. The number of aliphatic hydroxyl groups excluding tert-OH is 1. The molecule has 1 heterocycles. The highest BCUT2D eigenvalue weighted by molar-refractivity contribution is 6.45. The molecule has 116 valence electrons. The zero-order valence-electron chi connectivity index (χ0n) is 11.4. The number of aliphatic hydroxyl groups is 1. The number of benzene rings is 2. The third-order valence-corrected chi connectivity index (χ3v) is 3.59. The van der Waals surface area contributed by atoms with E-state index in [4.69, 9.17) is 11.6 Å². The standard InChI is InChI=1S/C16H8ClF2NO3/c17-9-3-1-8(2-4-9)13-14(21)16(23)20(15(13)22)12-6-5-10(18)7-11(12)19/h1-7,21H. The third kappa shape index (κ3) is 2.47. The predicted molar refractivity (Wildman–Crippen MR) is 79.9 cm³/mol. The van der Waals surface area contributed by atoms with Crippen LogP contribution in [0.4, 0.5) is 14.5 Å². The Hall–Kier alpha value is -2.73. The second-order valence-electron chi connectivity index (χ2n) is 4.77. The number of carbonyl (C=O) groups excluding carboxylic acids is 2. The molecule has 0 fully saturated rings. The van der Waals surface area contributed by atoms with E-state index in [0.29, 0.717) is 16.0 Å². The van der Waals surface area contributed by atoms with E-state index in [0.717, 1.165) is 12.1 Å². The van der Waals surface area contributed by atoms with Crippen LogP contribution in [0.3, 0.4) is 0 Å². The van der Waals surface area contributed by atoms with Crippen molar-refractivity contribution in [1.82, 2.24) is 0 Å². The lowest BCUT2D eigenvalue weighted by atomic mass is 10.1. The molecule has 0 saturated heterocycles. The summed E-state index contributed by atoms with van der Waals surface area (Å²) in [6, 6.07) is 8.28. The van der Waals surface area contributed by atoms with Crippen LogP contribution < -0.4 is 4.90 Å². The fourth-order valence-electron chi connectivity index (χ4n) is 2.28. The maximum Gasteiger partial charge on any atom is 0.301 e. The number of imide groups is 1. The van der Waals surface area contributed by atoms with Crippen LogP contribution in [-0.2, 0) is 9.59 Å². The van der Waals surface area contributed by atoms with Gasteiger partial charge in [0.05, 0.1) is 11.3 Å². The molecule has 23 heavy (non-hydrogen) atoms. The first-order chi connectivity index (χ1) is 10.9. The molecule has 0 saturated carbocycles. The molecule has 0 unspecified atom stereocenters. The van der Waals surface area contributed by atoms with Crippen LogP contribution in [0.2, 0.25) is 5.02 Å². The van der Waals surface area contributed by atoms with Gasteiger partial charge in [0.1, 0.15) is 11.6 Å². The summed E-state index contributed by atoms with van der Waals surface area (Å²) in [5.74, 6) is -4.72. The van der Waals surface area contributed by atoms with Crippen molar-refractivity contribution in [2.75, 3.05) is 4.90 Å². The molecule has 0 bridgehead atoms. The summed E-state index contributed by atoms with van der Waals surface area (Å²) >= 11 is 5.75. The van der Waals surface area contributed by atoms with Gasteiger partial charge in [0.2, 0.25) is 0 Å². The summed E-state index contributed by atoms with van der Waals surface area (Å²) < 4.78 is 26.8. The fraction of sp³-hybridized carbons (Fsp3) is 0. The smallest absolute Gasteiger partial charge is 0.301 e. The van der Waals surface area contributed by atoms with Crippen LogP contribution in [0.25, 0.3) is 5.57 Å². The van der Waals surface area contributed by atoms with E-state index >= 15 is 0 Å². The Kier molecular flexibility index (Phi) is 3.61. The van der Waals surface area contributed by atoms with Crippen molar-refractivity contribution in [3.05, 3.63) is 70.4 Å². The van der Waals surface area contributed by atoms with E-state index in [2.05, 4.69) is 0 Å². The van der Waals surface area contributed by atoms with Gasteiger partial charge in [0.25, 0.3) is 5.91 Å². The number of rotatable bonds is 2. The van der Waals surface area contributed by atoms with E-state index < -0.39 is 34.9 Å². The number of hydrogen-bond acceptors (Lipinski definition) is 3. The molecule has 1 N–H and O–H groups in total. The molecule has 1 aliphatic heterocycles. The number of anilines is 1. The molecule has 2 amide bonds. The number of nitrogens with zero attached hydrogens (tertiary/aromatic N) is 1. The van der Waals surface area contributed by atoms with Gasteiger partial charge < -0.3 is 5.11 Å². The molecule has 0 aliphatic carbocycles. The minimum absolute atomic E-state index is 0.260. The van der Waals surface area contributed by atoms with Gasteiger partial charge in [-0.25, -0.2) is 13.7 Å². The molecule has 0 atom stereocenters. The third-order valence-electron chi connectivity index (χ3n) is 3.34.